The van der Waals surface area contributed by atoms with E-state index in [1.54, 1.807) is 18.6 Å². The Balaban J connectivity index is 1.71. The second-order valence-corrected chi connectivity index (χ2v) is 5.84. The first kappa shape index (κ1) is 13.8. The molecule has 0 amide bonds. The van der Waals surface area contributed by atoms with Crippen molar-refractivity contribution in [1.29, 1.82) is 0 Å². The van der Waals surface area contributed by atoms with E-state index < -0.39 is 0 Å². The van der Waals surface area contributed by atoms with Gasteiger partial charge in [-0.15, -0.1) is 0 Å². The molecule has 0 saturated carbocycles. The third kappa shape index (κ3) is 2.17. The van der Waals surface area contributed by atoms with Crippen molar-refractivity contribution >= 4 is 22.1 Å². The van der Waals surface area contributed by atoms with E-state index in [4.69, 9.17) is 0 Å². The van der Waals surface area contributed by atoms with Crippen molar-refractivity contribution in [1.82, 2.24) is 35.1 Å². The molecule has 0 aliphatic heterocycles. The van der Waals surface area contributed by atoms with Crippen molar-refractivity contribution in [3.8, 4) is 22.8 Å². The van der Waals surface area contributed by atoms with E-state index in [2.05, 4.69) is 35.1 Å². The summed E-state index contributed by atoms with van der Waals surface area (Å²) in [7, 11) is 0. The van der Waals surface area contributed by atoms with E-state index in [0.717, 1.165) is 38.9 Å². The molecular weight excluding hydrogens is 314 g/mol. The topological polar surface area (TPSA) is 96.0 Å². The number of imidazole rings is 1. The highest BCUT2D eigenvalue weighted by Gasteiger charge is 2.15. The summed E-state index contributed by atoms with van der Waals surface area (Å²) in [6, 6.07) is 7.81. The average molecular weight is 327 g/mol. The second kappa shape index (κ2) is 5.20. The molecule has 0 saturated heterocycles. The lowest BCUT2D eigenvalue weighted by atomic mass is 10.1. The maximum Gasteiger partial charge on any atom is 0.178 e. The van der Waals surface area contributed by atoms with Gasteiger partial charge in [-0.05, 0) is 36.8 Å². The zero-order valence-electron chi connectivity index (χ0n) is 13.4. The number of pyridine rings is 3. The quantitative estimate of drug-likeness (QED) is 0.519. The number of hydrogen-bond donors (Lipinski definition) is 2. The van der Waals surface area contributed by atoms with Crippen molar-refractivity contribution in [2.45, 2.75) is 6.92 Å². The Kier molecular flexibility index (Phi) is 2.87. The summed E-state index contributed by atoms with van der Waals surface area (Å²) >= 11 is 0. The predicted molar refractivity (Wildman–Crippen MR) is 94.7 cm³/mol. The number of rotatable bonds is 2. The smallest absolute Gasteiger partial charge is 0.178 e. The molecule has 0 aromatic carbocycles. The van der Waals surface area contributed by atoms with Crippen LogP contribution in [0, 0.1) is 6.92 Å². The van der Waals surface area contributed by atoms with Crippen LogP contribution in [0.5, 0.6) is 0 Å². The highest BCUT2D eigenvalue weighted by Crippen LogP contribution is 2.29. The van der Waals surface area contributed by atoms with Gasteiger partial charge in [0.1, 0.15) is 5.69 Å². The third-order valence-corrected chi connectivity index (χ3v) is 4.24. The van der Waals surface area contributed by atoms with E-state index in [1.165, 1.54) is 0 Å². The van der Waals surface area contributed by atoms with Gasteiger partial charge in [-0.1, -0.05) is 0 Å². The number of nitrogens with zero attached hydrogens (tertiary/aromatic N) is 5. The molecule has 0 fully saturated rings. The molecule has 5 aromatic rings. The number of hydrogen-bond acceptors (Lipinski definition) is 5. The lowest BCUT2D eigenvalue weighted by Gasteiger charge is -2.04. The van der Waals surface area contributed by atoms with Crippen LogP contribution in [0.15, 0.2) is 49.1 Å². The second-order valence-electron chi connectivity index (χ2n) is 5.84. The minimum Gasteiger partial charge on any atom is -0.335 e. The largest absolute Gasteiger partial charge is 0.335 e. The molecule has 0 spiro atoms. The van der Waals surface area contributed by atoms with Crippen molar-refractivity contribution in [2.24, 2.45) is 0 Å². The molecule has 0 atom stereocenters. The van der Waals surface area contributed by atoms with Gasteiger partial charge in [0.25, 0.3) is 0 Å². The van der Waals surface area contributed by atoms with Gasteiger partial charge in [0.05, 0.1) is 22.9 Å². The Bertz CT molecular complexity index is 1190. The molecule has 5 aromatic heterocycles. The zero-order chi connectivity index (χ0) is 16.8. The summed E-state index contributed by atoms with van der Waals surface area (Å²) in [5.74, 6) is 0.681. The summed E-state index contributed by atoms with van der Waals surface area (Å²) in [6.45, 7) is 2.05. The number of H-pyrrole nitrogens is 2. The first-order valence-corrected chi connectivity index (χ1v) is 7.86. The fourth-order valence-corrected chi connectivity index (χ4v) is 2.93. The number of nitrogens with one attached hydrogen (secondary N) is 2. The third-order valence-electron chi connectivity index (χ3n) is 4.24. The van der Waals surface area contributed by atoms with Gasteiger partial charge in [0, 0.05) is 29.5 Å². The number of aromatic amines is 2. The highest BCUT2D eigenvalue weighted by molar-refractivity contribution is 5.94. The summed E-state index contributed by atoms with van der Waals surface area (Å²) in [6.07, 6.45) is 7.12. The van der Waals surface area contributed by atoms with Gasteiger partial charge in [0.2, 0.25) is 0 Å². The number of aromatic nitrogens is 7. The lowest BCUT2D eigenvalue weighted by Crippen LogP contribution is -1.88. The monoisotopic (exact) mass is 327 g/mol. The van der Waals surface area contributed by atoms with E-state index in [0.29, 0.717) is 11.5 Å². The maximum absolute atomic E-state index is 4.54. The van der Waals surface area contributed by atoms with E-state index in [9.17, 15) is 0 Å². The van der Waals surface area contributed by atoms with Gasteiger partial charge < -0.3 is 4.98 Å². The highest BCUT2D eigenvalue weighted by atomic mass is 15.1. The Morgan fingerprint density at radius 1 is 1.00 bits per heavy atom. The summed E-state index contributed by atoms with van der Waals surface area (Å²) in [5, 5.41) is 8.38. The molecule has 0 radical (unpaired) electrons. The van der Waals surface area contributed by atoms with Gasteiger partial charge >= 0.3 is 0 Å². The molecule has 25 heavy (non-hydrogen) atoms. The van der Waals surface area contributed by atoms with Gasteiger partial charge in [-0.2, -0.15) is 5.10 Å². The van der Waals surface area contributed by atoms with E-state index in [1.807, 2.05) is 37.4 Å². The first-order valence-electron chi connectivity index (χ1n) is 7.86. The minimum atomic E-state index is 0.672. The van der Waals surface area contributed by atoms with Crippen LogP contribution in [0.25, 0.3) is 44.8 Å². The van der Waals surface area contributed by atoms with Gasteiger partial charge in [-0.3, -0.25) is 15.1 Å². The Morgan fingerprint density at radius 3 is 2.84 bits per heavy atom. The van der Waals surface area contributed by atoms with Crippen LogP contribution in [0.4, 0.5) is 0 Å². The van der Waals surface area contributed by atoms with Crippen LogP contribution in [0.1, 0.15) is 5.56 Å². The summed E-state index contributed by atoms with van der Waals surface area (Å²) < 4.78 is 0. The molecule has 0 aliphatic carbocycles. The number of fused-ring (bicyclic) bond motifs is 2. The first-order chi connectivity index (χ1) is 12.3. The molecular formula is C18H13N7. The van der Waals surface area contributed by atoms with Crippen LogP contribution in [0.2, 0.25) is 0 Å². The van der Waals surface area contributed by atoms with Crippen molar-refractivity contribution in [3.05, 3.63) is 54.6 Å². The van der Waals surface area contributed by atoms with Crippen LogP contribution < -0.4 is 0 Å². The number of aryl methyl sites for hydroxylation is 1. The molecule has 0 aliphatic rings. The van der Waals surface area contributed by atoms with Gasteiger partial charge in [-0.25, -0.2) is 9.97 Å². The van der Waals surface area contributed by atoms with Crippen LogP contribution in [-0.4, -0.2) is 35.1 Å². The maximum atomic E-state index is 4.54. The lowest BCUT2D eigenvalue weighted by molar-refractivity contribution is 1.10. The van der Waals surface area contributed by atoms with E-state index in [-0.39, 0.29) is 0 Å². The van der Waals surface area contributed by atoms with Crippen LogP contribution in [0.3, 0.4) is 0 Å². The molecule has 0 unspecified atom stereocenters. The van der Waals surface area contributed by atoms with Crippen LogP contribution in [-0.2, 0) is 0 Å². The Labute approximate surface area is 142 Å². The molecule has 0 bridgehead atoms. The van der Waals surface area contributed by atoms with Gasteiger partial charge in [0.15, 0.2) is 11.5 Å². The fraction of sp³-hybridized carbons (Fsp3) is 0.0556. The summed E-state index contributed by atoms with van der Waals surface area (Å²) in [5.41, 5.74) is 6.14. The van der Waals surface area contributed by atoms with Crippen molar-refractivity contribution in [3.63, 3.8) is 0 Å². The van der Waals surface area contributed by atoms with E-state index >= 15 is 0 Å². The van der Waals surface area contributed by atoms with Crippen molar-refractivity contribution in [2.75, 3.05) is 0 Å². The standard InChI is InChI=1S/C18H13N7/c1-10-4-6-19-8-12(10)14-7-11-15(9-21-14)24-25-16(11)18-22-13-3-2-5-20-17(13)23-18/h2-9H,1H3,(H,24,25)(H,20,22,23). The zero-order valence-corrected chi connectivity index (χ0v) is 13.4. The molecule has 120 valence electrons. The van der Waals surface area contributed by atoms with Crippen LogP contribution >= 0.6 is 0 Å². The molecule has 5 heterocycles. The molecule has 7 nitrogen and oxygen atoms in total. The minimum absolute atomic E-state index is 0.672. The summed E-state index contributed by atoms with van der Waals surface area (Å²) in [4.78, 5) is 20.8. The average Bonchev–Trinajstić information content (AvgIpc) is 3.25. The normalized spacial score (nSPS) is 11.4. The predicted octanol–water partition coefficient (Wildman–Crippen LogP) is 3.27. The fourth-order valence-electron chi connectivity index (χ4n) is 2.93. The molecule has 2 N–H and O–H groups in total. The molecule has 5 rings (SSSR count). The molecule has 7 heteroatoms. The Hall–Kier alpha value is -3.61. The Morgan fingerprint density at radius 2 is 1.96 bits per heavy atom. The SMILES string of the molecule is Cc1ccncc1-c1cc2c(-c3nc4ncccc4[nH]3)n[nH]c2cn1. The van der Waals surface area contributed by atoms with Crippen molar-refractivity contribution < 1.29 is 0 Å².